The second-order valence-electron chi connectivity index (χ2n) is 6.76. The highest BCUT2D eigenvalue weighted by Crippen LogP contribution is 2.33. The molecule has 0 saturated heterocycles. The first kappa shape index (κ1) is 17.2. The van der Waals surface area contributed by atoms with E-state index in [1.165, 1.54) is 5.56 Å². The first-order valence-electron chi connectivity index (χ1n) is 9.21. The molecule has 0 atom stereocenters. The maximum atomic E-state index is 4.88. The highest BCUT2D eigenvalue weighted by atomic mass is 15.2. The summed E-state index contributed by atoms with van der Waals surface area (Å²) in [6.45, 7) is 6.27. The van der Waals surface area contributed by atoms with Crippen LogP contribution in [0.3, 0.4) is 0 Å². The molecule has 4 aromatic rings. The van der Waals surface area contributed by atoms with Gasteiger partial charge in [0.15, 0.2) is 5.82 Å². The summed E-state index contributed by atoms with van der Waals surface area (Å²) in [7, 11) is 0. The molecule has 0 aliphatic rings. The molecule has 0 unspecified atom stereocenters. The van der Waals surface area contributed by atoms with Gasteiger partial charge in [0.2, 0.25) is 0 Å². The molecule has 0 spiro atoms. The summed E-state index contributed by atoms with van der Waals surface area (Å²) >= 11 is 0. The predicted octanol–water partition coefficient (Wildman–Crippen LogP) is 6.60. The third-order valence-electron chi connectivity index (χ3n) is 4.72. The molecule has 0 amide bonds. The minimum atomic E-state index is 0.749. The van der Waals surface area contributed by atoms with Crippen molar-refractivity contribution in [2.45, 2.75) is 27.2 Å². The Labute approximate surface area is 159 Å². The molecular weight excluding hydrogens is 332 g/mol. The van der Waals surface area contributed by atoms with Gasteiger partial charge in [-0.05, 0) is 55.2 Å². The van der Waals surface area contributed by atoms with Crippen LogP contribution in [0.25, 0.3) is 16.9 Å². The van der Waals surface area contributed by atoms with E-state index in [0.717, 1.165) is 46.0 Å². The zero-order chi connectivity index (χ0) is 18.8. The lowest BCUT2D eigenvalue weighted by Gasteiger charge is -2.02. The lowest BCUT2D eigenvalue weighted by atomic mass is 10.1. The van der Waals surface area contributed by atoms with Gasteiger partial charge in [-0.1, -0.05) is 49.4 Å². The van der Waals surface area contributed by atoms with Crippen LogP contribution < -0.4 is 0 Å². The topological polar surface area (TPSA) is 42.0 Å². The monoisotopic (exact) mass is 354 g/mol. The van der Waals surface area contributed by atoms with Crippen LogP contribution in [0.2, 0.25) is 0 Å². The summed E-state index contributed by atoms with van der Waals surface area (Å²) in [6, 6.07) is 20.6. The zero-order valence-corrected chi connectivity index (χ0v) is 15.8. The first-order valence-corrected chi connectivity index (χ1v) is 9.21. The molecule has 0 saturated carbocycles. The van der Waals surface area contributed by atoms with Crippen molar-refractivity contribution in [2.24, 2.45) is 10.2 Å². The largest absolute Gasteiger partial charge is 0.282 e. The lowest BCUT2D eigenvalue weighted by Crippen LogP contribution is -1.85. The number of azo groups is 1. The maximum absolute atomic E-state index is 4.88. The average Bonchev–Trinajstić information content (AvgIpc) is 3.06. The van der Waals surface area contributed by atoms with Gasteiger partial charge in [0.1, 0.15) is 11.3 Å². The second kappa shape index (κ2) is 7.16. The number of aromatic nitrogens is 2. The normalized spacial score (nSPS) is 11.5. The number of aryl methyl sites for hydroxylation is 3. The number of imidazole rings is 1. The number of pyridine rings is 1. The van der Waals surface area contributed by atoms with Crippen molar-refractivity contribution in [2.75, 3.05) is 0 Å². The number of rotatable bonds is 4. The Balaban J connectivity index is 1.87. The van der Waals surface area contributed by atoms with E-state index in [1.54, 1.807) is 0 Å². The Morgan fingerprint density at radius 1 is 0.926 bits per heavy atom. The SMILES string of the molecule is CCc1ccc(-c2nc3c(C)cccn3c2N=Nc2cccc(C)c2)cc1. The van der Waals surface area contributed by atoms with Crippen molar-refractivity contribution in [3.63, 3.8) is 0 Å². The van der Waals surface area contributed by atoms with Crippen LogP contribution >= 0.6 is 0 Å². The molecule has 4 rings (SSSR count). The molecule has 2 heterocycles. The minimum absolute atomic E-state index is 0.749. The van der Waals surface area contributed by atoms with Gasteiger partial charge in [0.05, 0.1) is 5.69 Å². The van der Waals surface area contributed by atoms with Gasteiger partial charge >= 0.3 is 0 Å². The predicted molar refractivity (Wildman–Crippen MR) is 110 cm³/mol. The third kappa shape index (κ3) is 3.38. The van der Waals surface area contributed by atoms with E-state index in [1.807, 2.05) is 34.9 Å². The summed E-state index contributed by atoms with van der Waals surface area (Å²) in [4.78, 5) is 4.88. The van der Waals surface area contributed by atoms with E-state index in [-0.39, 0.29) is 0 Å². The molecule has 134 valence electrons. The van der Waals surface area contributed by atoms with Crippen LogP contribution in [-0.4, -0.2) is 9.38 Å². The standard InChI is InChI=1S/C23H22N4/c1-4-18-10-12-19(13-11-18)21-23(26-25-20-9-5-7-16(2)15-20)27-14-6-8-17(3)22(27)24-21/h5-15H,4H2,1-3H3. The number of hydrogen-bond donors (Lipinski definition) is 0. The highest BCUT2D eigenvalue weighted by Gasteiger charge is 2.15. The molecular formula is C23H22N4. The maximum Gasteiger partial charge on any atom is 0.187 e. The second-order valence-corrected chi connectivity index (χ2v) is 6.76. The Morgan fingerprint density at radius 2 is 1.74 bits per heavy atom. The Bertz CT molecular complexity index is 1120. The molecule has 0 radical (unpaired) electrons. The summed E-state index contributed by atoms with van der Waals surface area (Å²) in [5.74, 6) is 0.749. The van der Waals surface area contributed by atoms with Gasteiger partial charge in [-0.15, -0.1) is 10.2 Å². The van der Waals surface area contributed by atoms with Crippen molar-refractivity contribution in [3.05, 3.63) is 83.6 Å². The molecule has 0 N–H and O–H groups in total. The summed E-state index contributed by atoms with van der Waals surface area (Å²) in [5, 5.41) is 9.06. The summed E-state index contributed by atoms with van der Waals surface area (Å²) < 4.78 is 2.01. The number of fused-ring (bicyclic) bond motifs is 1. The van der Waals surface area contributed by atoms with Gasteiger partial charge in [-0.25, -0.2) is 4.98 Å². The Kier molecular flexibility index (Phi) is 4.55. The van der Waals surface area contributed by atoms with Gasteiger partial charge in [0, 0.05) is 11.8 Å². The quantitative estimate of drug-likeness (QED) is 0.381. The van der Waals surface area contributed by atoms with Crippen molar-refractivity contribution in [1.82, 2.24) is 9.38 Å². The molecule has 27 heavy (non-hydrogen) atoms. The van der Waals surface area contributed by atoms with Crippen LogP contribution in [0.5, 0.6) is 0 Å². The molecule has 0 fully saturated rings. The third-order valence-corrected chi connectivity index (χ3v) is 4.72. The Hall–Kier alpha value is -3.27. The molecule has 2 aromatic carbocycles. The van der Waals surface area contributed by atoms with Crippen LogP contribution in [0.4, 0.5) is 11.5 Å². The van der Waals surface area contributed by atoms with Crippen LogP contribution in [-0.2, 0) is 6.42 Å². The van der Waals surface area contributed by atoms with Gasteiger partial charge in [-0.2, -0.15) is 0 Å². The van der Waals surface area contributed by atoms with E-state index in [4.69, 9.17) is 4.98 Å². The van der Waals surface area contributed by atoms with Crippen LogP contribution in [0.1, 0.15) is 23.6 Å². The first-order chi connectivity index (χ1) is 13.2. The fraction of sp³-hybridized carbons (Fsp3) is 0.174. The molecule has 4 nitrogen and oxygen atoms in total. The van der Waals surface area contributed by atoms with Crippen molar-refractivity contribution >= 4 is 17.2 Å². The van der Waals surface area contributed by atoms with E-state index in [2.05, 4.69) is 67.4 Å². The van der Waals surface area contributed by atoms with E-state index in [0.29, 0.717) is 0 Å². The fourth-order valence-electron chi connectivity index (χ4n) is 3.17. The molecule has 4 heteroatoms. The molecule has 0 aliphatic heterocycles. The van der Waals surface area contributed by atoms with Gasteiger partial charge in [0.25, 0.3) is 0 Å². The minimum Gasteiger partial charge on any atom is -0.282 e. The average molecular weight is 354 g/mol. The summed E-state index contributed by atoms with van der Waals surface area (Å²) in [6.07, 6.45) is 3.01. The molecule has 2 aromatic heterocycles. The van der Waals surface area contributed by atoms with Crippen LogP contribution in [0, 0.1) is 13.8 Å². The van der Waals surface area contributed by atoms with E-state index in [9.17, 15) is 0 Å². The van der Waals surface area contributed by atoms with E-state index < -0.39 is 0 Å². The Morgan fingerprint density at radius 3 is 2.48 bits per heavy atom. The highest BCUT2D eigenvalue weighted by molar-refractivity contribution is 5.75. The van der Waals surface area contributed by atoms with E-state index >= 15 is 0 Å². The summed E-state index contributed by atoms with van der Waals surface area (Å²) in [5.41, 5.74) is 7.23. The number of nitrogens with zero attached hydrogens (tertiary/aromatic N) is 4. The van der Waals surface area contributed by atoms with Crippen molar-refractivity contribution in [3.8, 4) is 11.3 Å². The van der Waals surface area contributed by atoms with Crippen molar-refractivity contribution in [1.29, 1.82) is 0 Å². The fourth-order valence-corrected chi connectivity index (χ4v) is 3.17. The lowest BCUT2D eigenvalue weighted by molar-refractivity contribution is 1.10. The molecule has 0 aliphatic carbocycles. The van der Waals surface area contributed by atoms with Gasteiger partial charge < -0.3 is 0 Å². The van der Waals surface area contributed by atoms with Crippen LogP contribution in [0.15, 0.2) is 77.1 Å². The van der Waals surface area contributed by atoms with Gasteiger partial charge in [-0.3, -0.25) is 4.40 Å². The van der Waals surface area contributed by atoms with Crippen molar-refractivity contribution < 1.29 is 0 Å². The molecule has 0 bridgehead atoms. The number of benzene rings is 2. The smallest absolute Gasteiger partial charge is 0.187 e. The zero-order valence-electron chi connectivity index (χ0n) is 15.8. The number of hydrogen-bond acceptors (Lipinski definition) is 3.